The fourth-order valence-electron chi connectivity index (χ4n) is 1.92. The second-order valence-electron chi connectivity index (χ2n) is 7.15. The third-order valence-electron chi connectivity index (χ3n) is 4.01. The summed E-state index contributed by atoms with van der Waals surface area (Å²) in [5, 5.41) is 7.02. The fourth-order valence-corrected chi connectivity index (χ4v) is 2.45. The van der Waals surface area contributed by atoms with Gasteiger partial charge in [-0.25, -0.2) is 4.98 Å². The molecule has 120 valence electrons. The number of hydrogen-bond acceptors (Lipinski definition) is 3. The lowest BCUT2D eigenvalue weighted by molar-refractivity contribution is 0.312. The number of aryl methyl sites for hydroxylation is 1. The van der Waals surface area contributed by atoms with Crippen LogP contribution < -0.4 is 10.6 Å². The summed E-state index contributed by atoms with van der Waals surface area (Å²) in [6.45, 7) is 13.9. The zero-order valence-corrected chi connectivity index (χ0v) is 15.2. The van der Waals surface area contributed by atoms with E-state index in [4.69, 9.17) is 12.2 Å². The van der Waals surface area contributed by atoms with Crippen LogP contribution in [0, 0.1) is 11.3 Å². The molecule has 1 aromatic rings. The summed E-state index contributed by atoms with van der Waals surface area (Å²) in [7, 11) is 2.01. The summed E-state index contributed by atoms with van der Waals surface area (Å²) in [6, 6.07) is 0.489. The molecule has 0 aromatic carbocycles. The maximum Gasteiger partial charge on any atom is 0.122 e. The SMILES string of the molecule is CC(C)C(NCc1nccn1C)C(=S)N[C@H](C)C(C)(C)C. The summed E-state index contributed by atoms with van der Waals surface area (Å²) >= 11 is 5.62. The highest BCUT2D eigenvalue weighted by molar-refractivity contribution is 7.80. The minimum absolute atomic E-state index is 0.154. The number of rotatable bonds is 6. The largest absolute Gasteiger partial charge is 0.375 e. The second-order valence-corrected chi connectivity index (χ2v) is 7.59. The van der Waals surface area contributed by atoms with Gasteiger partial charge in [-0.1, -0.05) is 46.8 Å². The van der Waals surface area contributed by atoms with E-state index in [9.17, 15) is 0 Å². The molecule has 0 spiro atoms. The summed E-state index contributed by atoms with van der Waals surface area (Å²) in [6.07, 6.45) is 3.78. The Hall–Kier alpha value is -0.940. The molecule has 0 bridgehead atoms. The molecule has 2 N–H and O–H groups in total. The van der Waals surface area contributed by atoms with Crippen molar-refractivity contribution in [1.82, 2.24) is 20.2 Å². The molecular formula is C16H30N4S. The Balaban J connectivity index is 2.65. The van der Waals surface area contributed by atoms with Gasteiger partial charge in [-0.05, 0) is 18.3 Å². The van der Waals surface area contributed by atoms with Crippen molar-refractivity contribution in [2.24, 2.45) is 18.4 Å². The Labute approximate surface area is 134 Å². The van der Waals surface area contributed by atoms with Gasteiger partial charge in [-0.15, -0.1) is 0 Å². The first kappa shape index (κ1) is 18.1. The van der Waals surface area contributed by atoms with Gasteiger partial charge in [0.25, 0.3) is 0 Å². The summed E-state index contributed by atoms with van der Waals surface area (Å²) in [5.41, 5.74) is 0.186. The van der Waals surface area contributed by atoms with Crippen molar-refractivity contribution in [3.63, 3.8) is 0 Å². The molecular weight excluding hydrogens is 280 g/mol. The van der Waals surface area contributed by atoms with Gasteiger partial charge < -0.3 is 15.2 Å². The van der Waals surface area contributed by atoms with Crippen LogP contribution in [0.1, 0.15) is 47.4 Å². The monoisotopic (exact) mass is 310 g/mol. The Bertz CT molecular complexity index is 459. The summed E-state index contributed by atoms with van der Waals surface area (Å²) in [4.78, 5) is 5.23. The van der Waals surface area contributed by atoms with Gasteiger partial charge in [-0.3, -0.25) is 0 Å². The van der Waals surface area contributed by atoms with E-state index in [0.717, 1.165) is 17.4 Å². The molecule has 1 heterocycles. The van der Waals surface area contributed by atoms with E-state index in [1.165, 1.54) is 0 Å². The van der Waals surface area contributed by atoms with Crippen molar-refractivity contribution < 1.29 is 0 Å². The Morgan fingerprint density at radius 1 is 1.33 bits per heavy atom. The first-order valence-electron chi connectivity index (χ1n) is 7.63. The molecule has 0 saturated carbocycles. The number of aromatic nitrogens is 2. The van der Waals surface area contributed by atoms with Crippen LogP contribution >= 0.6 is 12.2 Å². The third kappa shape index (κ3) is 5.40. The van der Waals surface area contributed by atoms with Crippen LogP contribution in [0.3, 0.4) is 0 Å². The molecule has 0 aliphatic heterocycles. The van der Waals surface area contributed by atoms with E-state index in [-0.39, 0.29) is 11.5 Å². The van der Waals surface area contributed by atoms with Crippen molar-refractivity contribution in [1.29, 1.82) is 0 Å². The van der Waals surface area contributed by atoms with Crippen LogP contribution in [-0.2, 0) is 13.6 Å². The van der Waals surface area contributed by atoms with Gasteiger partial charge in [0.1, 0.15) is 5.82 Å². The van der Waals surface area contributed by atoms with Crippen LogP contribution in [-0.4, -0.2) is 26.6 Å². The molecule has 0 saturated heterocycles. The quantitative estimate of drug-likeness (QED) is 0.793. The van der Waals surface area contributed by atoms with E-state index >= 15 is 0 Å². The van der Waals surface area contributed by atoms with Gasteiger partial charge in [-0.2, -0.15) is 0 Å². The molecule has 0 aliphatic rings. The van der Waals surface area contributed by atoms with Crippen LogP contribution in [0.2, 0.25) is 0 Å². The van der Waals surface area contributed by atoms with Gasteiger partial charge in [0.2, 0.25) is 0 Å². The molecule has 0 aliphatic carbocycles. The Morgan fingerprint density at radius 2 is 1.95 bits per heavy atom. The molecule has 0 radical (unpaired) electrons. The maximum absolute atomic E-state index is 5.62. The molecule has 1 unspecified atom stereocenters. The van der Waals surface area contributed by atoms with E-state index < -0.39 is 0 Å². The van der Waals surface area contributed by atoms with E-state index in [1.54, 1.807) is 0 Å². The molecule has 21 heavy (non-hydrogen) atoms. The summed E-state index contributed by atoms with van der Waals surface area (Å²) in [5.74, 6) is 1.45. The number of imidazole rings is 1. The highest BCUT2D eigenvalue weighted by Gasteiger charge is 2.25. The van der Waals surface area contributed by atoms with Crippen molar-refractivity contribution in [2.75, 3.05) is 0 Å². The first-order valence-corrected chi connectivity index (χ1v) is 8.03. The lowest BCUT2D eigenvalue weighted by Crippen LogP contribution is -2.51. The second kappa shape index (κ2) is 7.36. The van der Waals surface area contributed by atoms with Crippen LogP contribution in [0.5, 0.6) is 0 Å². The number of nitrogens with zero attached hydrogens (tertiary/aromatic N) is 2. The Morgan fingerprint density at radius 3 is 2.38 bits per heavy atom. The van der Waals surface area contributed by atoms with Crippen LogP contribution in [0.15, 0.2) is 12.4 Å². The molecule has 4 nitrogen and oxygen atoms in total. The minimum Gasteiger partial charge on any atom is -0.375 e. The zero-order chi connectivity index (χ0) is 16.2. The lowest BCUT2D eigenvalue weighted by Gasteiger charge is -2.32. The van der Waals surface area contributed by atoms with Crippen LogP contribution in [0.4, 0.5) is 0 Å². The molecule has 0 fully saturated rings. The van der Waals surface area contributed by atoms with Crippen LogP contribution in [0.25, 0.3) is 0 Å². The average molecular weight is 311 g/mol. The number of hydrogen-bond donors (Lipinski definition) is 2. The van der Waals surface area contributed by atoms with Crippen molar-refractivity contribution in [2.45, 2.75) is 60.2 Å². The molecule has 1 rings (SSSR count). The predicted molar refractivity (Wildman–Crippen MR) is 93.3 cm³/mol. The predicted octanol–water partition coefficient (Wildman–Crippen LogP) is 2.89. The highest BCUT2D eigenvalue weighted by atomic mass is 32.1. The molecule has 5 heteroatoms. The average Bonchev–Trinajstić information content (AvgIpc) is 2.73. The third-order valence-corrected chi connectivity index (χ3v) is 4.38. The van der Waals surface area contributed by atoms with E-state index in [0.29, 0.717) is 12.0 Å². The lowest BCUT2D eigenvalue weighted by atomic mass is 9.87. The summed E-state index contributed by atoms with van der Waals surface area (Å²) < 4.78 is 2.03. The van der Waals surface area contributed by atoms with Crippen molar-refractivity contribution in [3.8, 4) is 0 Å². The van der Waals surface area contributed by atoms with Gasteiger partial charge >= 0.3 is 0 Å². The zero-order valence-electron chi connectivity index (χ0n) is 14.4. The molecule has 1 aromatic heterocycles. The van der Waals surface area contributed by atoms with Gasteiger partial charge in [0.05, 0.1) is 17.6 Å². The standard InChI is InChI=1S/C16H30N4S/c1-11(2)14(15(21)19-12(3)16(4,5)6)18-10-13-17-8-9-20(13)7/h8-9,11-12,14,18H,10H2,1-7H3,(H,19,21)/t12-,14?/m1/s1. The van der Waals surface area contributed by atoms with E-state index in [2.05, 4.69) is 57.2 Å². The maximum atomic E-state index is 5.62. The smallest absolute Gasteiger partial charge is 0.122 e. The number of nitrogens with one attached hydrogen (secondary N) is 2. The minimum atomic E-state index is 0.154. The topological polar surface area (TPSA) is 41.9 Å². The van der Waals surface area contributed by atoms with Gasteiger partial charge in [0, 0.05) is 25.5 Å². The first-order chi connectivity index (χ1) is 9.62. The highest BCUT2D eigenvalue weighted by Crippen LogP contribution is 2.19. The van der Waals surface area contributed by atoms with E-state index in [1.807, 2.05) is 24.0 Å². The van der Waals surface area contributed by atoms with Crippen molar-refractivity contribution >= 4 is 17.2 Å². The molecule has 2 atom stereocenters. The molecule has 0 amide bonds. The number of thiocarbonyl (C=S) groups is 1. The normalized spacial score (nSPS) is 15.0. The fraction of sp³-hybridized carbons (Fsp3) is 0.750. The Kier molecular flexibility index (Phi) is 6.35. The van der Waals surface area contributed by atoms with Crippen molar-refractivity contribution in [3.05, 3.63) is 18.2 Å². The van der Waals surface area contributed by atoms with Gasteiger partial charge in [0.15, 0.2) is 0 Å².